The van der Waals surface area contributed by atoms with E-state index in [1.807, 2.05) is 11.0 Å². The number of H-pyrrole nitrogens is 1. The average Bonchev–Trinajstić information content (AvgIpc) is 3.21. The van der Waals surface area contributed by atoms with Gasteiger partial charge in [0, 0.05) is 24.2 Å². The first-order valence-electron chi connectivity index (χ1n) is 8.53. The Hall–Kier alpha value is -1.32. The topological polar surface area (TPSA) is 49.0 Å². The molecule has 0 aliphatic heterocycles. The van der Waals surface area contributed by atoms with Crippen molar-refractivity contribution in [3.05, 3.63) is 17.5 Å². The SMILES string of the molecule is CCCCCN(C(=O)c1cc(C2CC2)[nH]n1)C(C)CCC. The second-order valence-electron chi connectivity index (χ2n) is 6.33. The average molecular weight is 291 g/mol. The van der Waals surface area contributed by atoms with Gasteiger partial charge in [0.2, 0.25) is 0 Å². The Kier molecular flexibility index (Phi) is 5.83. The maximum absolute atomic E-state index is 12.8. The van der Waals surface area contributed by atoms with E-state index in [9.17, 15) is 4.79 Å². The number of rotatable bonds is 9. The lowest BCUT2D eigenvalue weighted by Gasteiger charge is -2.28. The molecule has 1 aromatic rings. The molecule has 1 amide bonds. The van der Waals surface area contributed by atoms with Crippen molar-refractivity contribution in [1.82, 2.24) is 15.1 Å². The van der Waals surface area contributed by atoms with Crippen LogP contribution in [0.3, 0.4) is 0 Å². The smallest absolute Gasteiger partial charge is 0.274 e. The first kappa shape index (κ1) is 16.1. The molecule has 1 aliphatic carbocycles. The Balaban J connectivity index is 2.03. The molecular weight excluding hydrogens is 262 g/mol. The zero-order valence-electron chi connectivity index (χ0n) is 13.7. The van der Waals surface area contributed by atoms with Crippen LogP contribution in [0.5, 0.6) is 0 Å². The second kappa shape index (κ2) is 7.62. The van der Waals surface area contributed by atoms with E-state index in [1.165, 1.54) is 25.7 Å². The highest BCUT2D eigenvalue weighted by Crippen LogP contribution is 2.39. The van der Waals surface area contributed by atoms with Gasteiger partial charge in [-0.3, -0.25) is 9.89 Å². The summed E-state index contributed by atoms with van der Waals surface area (Å²) in [6.07, 6.45) is 8.04. The summed E-state index contributed by atoms with van der Waals surface area (Å²) in [6, 6.07) is 2.26. The quantitative estimate of drug-likeness (QED) is 0.696. The molecule has 1 atom stereocenters. The highest BCUT2D eigenvalue weighted by Gasteiger charge is 2.28. The summed E-state index contributed by atoms with van der Waals surface area (Å²) in [6.45, 7) is 7.36. The summed E-state index contributed by atoms with van der Waals surface area (Å²) in [5.74, 6) is 0.704. The summed E-state index contributed by atoms with van der Waals surface area (Å²) in [5.41, 5.74) is 1.73. The maximum atomic E-state index is 12.8. The van der Waals surface area contributed by atoms with E-state index < -0.39 is 0 Å². The van der Waals surface area contributed by atoms with Crippen molar-refractivity contribution in [2.75, 3.05) is 6.54 Å². The Morgan fingerprint density at radius 2 is 2.14 bits per heavy atom. The molecule has 21 heavy (non-hydrogen) atoms. The third-order valence-electron chi connectivity index (χ3n) is 4.34. The van der Waals surface area contributed by atoms with E-state index >= 15 is 0 Å². The molecule has 1 aromatic heterocycles. The number of carbonyl (C=O) groups excluding carboxylic acids is 1. The predicted octanol–water partition coefficient (Wildman–Crippen LogP) is 4.11. The summed E-state index contributed by atoms with van der Waals surface area (Å²) in [4.78, 5) is 14.8. The lowest BCUT2D eigenvalue weighted by molar-refractivity contribution is 0.0673. The molecule has 1 N–H and O–H groups in total. The van der Waals surface area contributed by atoms with Gasteiger partial charge in [-0.05, 0) is 38.7 Å². The number of aromatic nitrogens is 2. The Bertz CT molecular complexity index is 451. The first-order valence-corrected chi connectivity index (χ1v) is 8.53. The number of hydrogen-bond donors (Lipinski definition) is 1. The third kappa shape index (κ3) is 4.32. The van der Waals surface area contributed by atoms with Crippen LogP contribution in [0.2, 0.25) is 0 Å². The van der Waals surface area contributed by atoms with Crippen LogP contribution in [0.4, 0.5) is 0 Å². The van der Waals surface area contributed by atoms with Crippen molar-refractivity contribution in [2.45, 2.75) is 77.7 Å². The molecule has 4 nitrogen and oxygen atoms in total. The Labute approximate surface area is 128 Å². The molecule has 2 rings (SSSR count). The van der Waals surface area contributed by atoms with E-state index in [4.69, 9.17) is 0 Å². The van der Waals surface area contributed by atoms with Gasteiger partial charge in [0.1, 0.15) is 5.69 Å². The highest BCUT2D eigenvalue weighted by atomic mass is 16.2. The molecule has 1 saturated carbocycles. The number of nitrogens with zero attached hydrogens (tertiary/aromatic N) is 2. The molecule has 1 heterocycles. The number of unbranched alkanes of at least 4 members (excludes halogenated alkanes) is 2. The fourth-order valence-corrected chi connectivity index (χ4v) is 2.82. The fraction of sp³-hybridized carbons (Fsp3) is 0.765. The van der Waals surface area contributed by atoms with E-state index in [0.29, 0.717) is 17.7 Å². The van der Waals surface area contributed by atoms with Gasteiger partial charge in [-0.15, -0.1) is 0 Å². The fourth-order valence-electron chi connectivity index (χ4n) is 2.82. The standard InChI is InChI=1S/C17H29N3O/c1-4-6-7-11-20(13(3)8-5-2)17(21)16-12-15(18-19-16)14-9-10-14/h12-14H,4-11H2,1-3H3,(H,18,19). The highest BCUT2D eigenvalue weighted by molar-refractivity contribution is 5.92. The van der Waals surface area contributed by atoms with Crippen LogP contribution in [0.1, 0.15) is 87.8 Å². The van der Waals surface area contributed by atoms with Gasteiger partial charge in [0.25, 0.3) is 5.91 Å². The van der Waals surface area contributed by atoms with E-state index in [2.05, 4.69) is 31.0 Å². The van der Waals surface area contributed by atoms with Crippen LogP contribution >= 0.6 is 0 Å². The van der Waals surface area contributed by atoms with Crippen molar-refractivity contribution < 1.29 is 4.79 Å². The number of carbonyl (C=O) groups is 1. The zero-order chi connectivity index (χ0) is 15.2. The lowest BCUT2D eigenvalue weighted by atomic mass is 10.1. The molecule has 0 bridgehead atoms. The summed E-state index contributed by atoms with van der Waals surface area (Å²) in [7, 11) is 0. The maximum Gasteiger partial charge on any atom is 0.274 e. The van der Waals surface area contributed by atoms with E-state index in [1.54, 1.807) is 0 Å². The van der Waals surface area contributed by atoms with Crippen molar-refractivity contribution >= 4 is 5.91 Å². The minimum absolute atomic E-state index is 0.0928. The van der Waals surface area contributed by atoms with E-state index in [-0.39, 0.29) is 5.91 Å². The molecule has 4 heteroatoms. The predicted molar refractivity (Wildman–Crippen MR) is 85.5 cm³/mol. The molecule has 118 valence electrons. The van der Waals surface area contributed by atoms with Gasteiger partial charge >= 0.3 is 0 Å². The van der Waals surface area contributed by atoms with Gasteiger partial charge in [0.05, 0.1) is 0 Å². The minimum Gasteiger partial charge on any atom is -0.335 e. The van der Waals surface area contributed by atoms with Crippen LogP contribution in [-0.4, -0.2) is 33.6 Å². The lowest BCUT2D eigenvalue weighted by Crippen LogP contribution is -2.39. The molecule has 1 unspecified atom stereocenters. The third-order valence-corrected chi connectivity index (χ3v) is 4.34. The van der Waals surface area contributed by atoms with Gasteiger partial charge in [-0.2, -0.15) is 5.10 Å². The zero-order valence-corrected chi connectivity index (χ0v) is 13.7. The molecule has 0 aromatic carbocycles. The number of nitrogens with one attached hydrogen (secondary N) is 1. The summed E-state index contributed by atoms with van der Waals surface area (Å²) >= 11 is 0. The first-order chi connectivity index (χ1) is 10.2. The van der Waals surface area contributed by atoms with Gasteiger partial charge in [-0.1, -0.05) is 33.1 Å². The molecular formula is C17H29N3O. The normalized spacial score (nSPS) is 16.0. The van der Waals surface area contributed by atoms with Crippen molar-refractivity contribution in [1.29, 1.82) is 0 Å². The van der Waals surface area contributed by atoms with Crippen molar-refractivity contribution in [3.8, 4) is 0 Å². The van der Waals surface area contributed by atoms with E-state index in [0.717, 1.165) is 31.5 Å². The van der Waals surface area contributed by atoms with Gasteiger partial charge in [0.15, 0.2) is 0 Å². The molecule has 1 aliphatic rings. The van der Waals surface area contributed by atoms with Crippen LogP contribution in [-0.2, 0) is 0 Å². The molecule has 0 saturated heterocycles. The molecule has 0 radical (unpaired) electrons. The Morgan fingerprint density at radius 3 is 2.76 bits per heavy atom. The van der Waals surface area contributed by atoms with Crippen LogP contribution in [0.15, 0.2) is 6.07 Å². The van der Waals surface area contributed by atoms with Crippen LogP contribution < -0.4 is 0 Å². The molecule has 1 fully saturated rings. The van der Waals surface area contributed by atoms with Crippen LogP contribution in [0, 0.1) is 0 Å². The number of amides is 1. The van der Waals surface area contributed by atoms with Crippen LogP contribution in [0.25, 0.3) is 0 Å². The minimum atomic E-state index is 0.0928. The summed E-state index contributed by atoms with van der Waals surface area (Å²) < 4.78 is 0. The van der Waals surface area contributed by atoms with Crippen molar-refractivity contribution in [3.63, 3.8) is 0 Å². The van der Waals surface area contributed by atoms with Gasteiger partial charge < -0.3 is 4.90 Å². The Morgan fingerprint density at radius 1 is 1.38 bits per heavy atom. The van der Waals surface area contributed by atoms with Gasteiger partial charge in [-0.25, -0.2) is 0 Å². The van der Waals surface area contributed by atoms with Crippen molar-refractivity contribution in [2.24, 2.45) is 0 Å². The second-order valence-corrected chi connectivity index (χ2v) is 6.33. The monoisotopic (exact) mass is 291 g/mol. The summed E-state index contributed by atoms with van der Waals surface area (Å²) in [5, 5.41) is 7.30. The largest absolute Gasteiger partial charge is 0.335 e. The number of aromatic amines is 1. The number of hydrogen-bond acceptors (Lipinski definition) is 2. The molecule has 0 spiro atoms.